The summed E-state index contributed by atoms with van der Waals surface area (Å²) in [6.07, 6.45) is 2.00. The predicted octanol–water partition coefficient (Wildman–Crippen LogP) is 3.82. The number of carbonyl (C=O) groups excluding carboxylic acids is 1. The third kappa shape index (κ3) is 8.14. The van der Waals surface area contributed by atoms with Crippen molar-refractivity contribution < 1.29 is 4.79 Å². The fourth-order valence-electron chi connectivity index (χ4n) is 3.11. The molecule has 1 aromatic heterocycles. The Morgan fingerprint density at radius 1 is 1.27 bits per heavy atom. The Labute approximate surface area is 201 Å². The van der Waals surface area contributed by atoms with E-state index >= 15 is 0 Å². The maximum Gasteiger partial charge on any atom is 0.224 e. The van der Waals surface area contributed by atoms with Crippen molar-refractivity contribution in [3.05, 3.63) is 46.2 Å². The molecular weight excluding hydrogens is 515 g/mol. The van der Waals surface area contributed by atoms with Gasteiger partial charge in [0.1, 0.15) is 0 Å². The molecule has 0 aliphatic rings. The average molecular weight is 547 g/mol. The third-order valence-electron chi connectivity index (χ3n) is 4.78. The number of aliphatic imine (C=N–C) groups is 1. The lowest BCUT2D eigenvalue weighted by atomic mass is 10.1. The van der Waals surface area contributed by atoms with Crippen molar-refractivity contribution in [2.24, 2.45) is 12.0 Å². The first-order chi connectivity index (χ1) is 13.8. The number of hydrogen-bond donors (Lipinski definition) is 3. The van der Waals surface area contributed by atoms with Crippen molar-refractivity contribution in [2.75, 3.05) is 18.9 Å². The highest BCUT2D eigenvalue weighted by Gasteiger charge is 2.14. The number of rotatable bonds is 8. The van der Waals surface area contributed by atoms with Crippen molar-refractivity contribution in [3.63, 3.8) is 0 Å². The Morgan fingerprint density at radius 2 is 1.93 bits per heavy atom. The molecule has 0 saturated heterocycles. The largest absolute Gasteiger partial charge is 0.356 e. The van der Waals surface area contributed by atoms with Crippen LogP contribution >= 0.6 is 35.6 Å². The molecule has 0 radical (unpaired) electrons. The van der Waals surface area contributed by atoms with Crippen molar-refractivity contribution in [1.82, 2.24) is 20.4 Å². The van der Waals surface area contributed by atoms with Crippen LogP contribution in [0.2, 0.25) is 5.02 Å². The van der Waals surface area contributed by atoms with Crippen LogP contribution in [0.5, 0.6) is 0 Å². The summed E-state index contributed by atoms with van der Waals surface area (Å²) in [7, 11) is 3.71. The Bertz CT molecular complexity index is 850. The second kappa shape index (κ2) is 12.8. The minimum Gasteiger partial charge on any atom is -0.356 e. The van der Waals surface area contributed by atoms with E-state index in [2.05, 4.69) is 39.9 Å². The SMILES string of the molecule is CN=C(NCCCC(=O)Nc1ccc(Cl)cc1)NC(C)Cc1c(C)nn(C)c1C.I. The number of carbonyl (C=O) groups is 1. The maximum absolute atomic E-state index is 12.0. The molecule has 1 unspecified atom stereocenters. The third-order valence-corrected chi connectivity index (χ3v) is 5.03. The predicted molar refractivity (Wildman–Crippen MR) is 135 cm³/mol. The number of guanidine groups is 1. The summed E-state index contributed by atoms with van der Waals surface area (Å²) in [5, 5.41) is 14.7. The van der Waals surface area contributed by atoms with Crippen molar-refractivity contribution in [1.29, 1.82) is 0 Å². The lowest BCUT2D eigenvalue weighted by Crippen LogP contribution is -2.43. The fraction of sp³-hybridized carbons (Fsp3) is 0.476. The van der Waals surface area contributed by atoms with E-state index in [0.717, 1.165) is 23.8 Å². The highest BCUT2D eigenvalue weighted by molar-refractivity contribution is 14.0. The zero-order chi connectivity index (χ0) is 21.4. The first-order valence-corrected chi connectivity index (χ1v) is 10.2. The van der Waals surface area contributed by atoms with Gasteiger partial charge in [0.25, 0.3) is 0 Å². The van der Waals surface area contributed by atoms with E-state index in [0.29, 0.717) is 24.4 Å². The van der Waals surface area contributed by atoms with Crippen molar-refractivity contribution in [3.8, 4) is 0 Å². The minimum absolute atomic E-state index is 0. The summed E-state index contributed by atoms with van der Waals surface area (Å²) in [5.41, 5.74) is 4.26. The van der Waals surface area contributed by atoms with Crippen LogP contribution < -0.4 is 16.0 Å². The van der Waals surface area contributed by atoms with Gasteiger partial charge in [-0.05, 0) is 63.4 Å². The van der Waals surface area contributed by atoms with E-state index in [-0.39, 0.29) is 35.9 Å². The van der Waals surface area contributed by atoms with Crippen molar-refractivity contribution in [2.45, 2.75) is 46.1 Å². The number of aromatic nitrogens is 2. The van der Waals surface area contributed by atoms with E-state index in [1.165, 1.54) is 11.3 Å². The van der Waals surface area contributed by atoms with Gasteiger partial charge in [-0.1, -0.05) is 11.6 Å². The highest BCUT2D eigenvalue weighted by atomic mass is 127. The molecule has 1 amide bonds. The topological polar surface area (TPSA) is 83.3 Å². The Balaban J connectivity index is 0.00000450. The number of hydrogen-bond acceptors (Lipinski definition) is 3. The van der Waals surface area contributed by atoms with Gasteiger partial charge in [-0.25, -0.2) is 0 Å². The molecule has 30 heavy (non-hydrogen) atoms. The van der Waals surface area contributed by atoms with E-state index in [9.17, 15) is 4.79 Å². The summed E-state index contributed by atoms with van der Waals surface area (Å²) < 4.78 is 1.92. The molecule has 0 aliphatic carbocycles. The van der Waals surface area contributed by atoms with Gasteiger partial charge >= 0.3 is 0 Å². The first kappa shape index (κ1) is 26.2. The van der Waals surface area contributed by atoms with Gasteiger partial charge in [0.15, 0.2) is 5.96 Å². The van der Waals surface area contributed by atoms with E-state index in [1.54, 1.807) is 31.3 Å². The van der Waals surface area contributed by atoms with Crippen LogP contribution in [0.15, 0.2) is 29.3 Å². The van der Waals surface area contributed by atoms with Gasteiger partial charge in [-0.2, -0.15) is 5.10 Å². The summed E-state index contributed by atoms with van der Waals surface area (Å²) >= 11 is 5.85. The Morgan fingerprint density at radius 3 is 2.50 bits per heavy atom. The summed E-state index contributed by atoms with van der Waals surface area (Å²) in [6, 6.07) is 7.29. The molecule has 2 rings (SSSR count). The molecule has 0 bridgehead atoms. The van der Waals surface area contributed by atoms with Crippen LogP contribution in [-0.2, 0) is 18.3 Å². The van der Waals surface area contributed by atoms with Gasteiger partial charge < -0.3 is 16.0 Å². The van der Waals surface area contributed by atoms with E-state index in [4.69, 9.17) is 11.6 Å². The number of benzene rings is 1. The smallest absolute Gasteiger partial charge is 0.224 e. The van der Waals surface area contributed by atoms with Gasteiger partial charge in [0.05, 0.1) is 5.69 Å². The molecule has 7 nitrogen and oxygen atoms in total. The molecule has 3 N–H and O–H groups in total. The molecule has 166 valence electrons. The van der Waals surface area contributed by atoms with E-state index in [1.807, 2.05) is 18.7 Å². The van der Waals surface area contributed by atoms with Gasteiger partial charge in [-0.15, -0.1) is 24.0 Å². The van der Waals surface area contributed by atoms with Crippen LogP contribution in [0.25, 0.3) is 0 Å². The number of anilines is 1. The number of aryl methyl sites for hydroxylation is 2. The molecule has 1 heterocycles. The van der Waals surface area contributed by atoms with Crippen LogP contribution in [0.1, 0.15) is 36.7 Å². The van der Waals surface area contributed by atoms with Crippen molar-refractivity contribution >= 4 is 53.1 Å². The monoisotopic (exact) mass is 546 g/mol. The first-order valence-electron chi connectivity index (χ1n) is 9.81. The fourth-order valence-corrected chi connectivity index (χ4v) is 3.24. The van der Waals surface area contributed by atoms with Gasteiger partial charge in [-0.3, -0.25) is 14.5 Å². The summed E-state index contributed by atoms with van der Waals surface area (Å²) in [4.78, 5) is 16.3. The quantitative estimate of drug-likeness (QED) is 0.203. The molecule has 0 aliphatic heterocycles. The number of halogens is 2. The molecule has 0 saturated carbocycles. The van der Waals surface area contributed by atoms with Gasteiger partial charge in [0.2, 0.25) is 5.91 Å². The van der Waals surface area contributed by atoms with Crippen LogP contribution in [0, 0.1) is 13.8 Å². The Hall–Kier alpha value is -1.81. The maximum atomic E-state index is 12.0. The molecule has 1 aromatic carbocycles. The normalized spacial score (nSPS) is 12.1. The van der Waals surface area contributed by atoms with Crippen LogP contribution in [0.3, 0.4) is 0 Å². The zero-order valence-corrected chi connectivity index (χ0v) is 21.3. The lowest BCUT2D eigenvalue weighted by Gasteiger charge is -2.18. The summed E-state index contributed by atoms with van der Waals surface area (Å²) in [5.74, 6) is 0.711. The minimum atomic E-state index is -0.0204. The molecule has 9 heteroatoms. The number of nitrogens with zero attached hydrogens (tertiary/aromatic N) is 3. The molecule has 2 aromatic rings. The van der Waals surface area contributed by atoms with Crippen LogP contribution in [-0.4, -0.2) is 41.3 Å². The molecule has 0 spiro atoms. The zero-order valence-electron chi connectivity index (χ0n) is 18.3. The second-order valence-corrected chi connectivity index (χ2v) is 7.62. The van der Waals surface area contributed by atoms with Gasteiger partial charge in [0, 0.05) is 49.5 Å². The Kier molecular flexibility index (Phi) is 11.2. The van der Waals surface area contributed by atoms with E-state index < -0.39 is 0 Å². The highest BCUT2D eigenvalue weighted by Crippen LogP contribution is 2.14. The second-order valence-electron chi connectivity index (χ2n) is 7.18. The number of amides is 1. The molecule has 0 fully saturated rings. The average Bonchev–Trinajstić information content (AvgIpc) is 2.92. The van der Waals surface area contributed by atoms with Crippen LogP contribution in [0.4, 0.5) is 5.69 Å². The molecular formula is C21H32ClIN6O. The summed E-state index contributed by atoms with van der Waals surface area (Å²) in [6.45, 7) is 6.91. The lowest BCUT2D eigenvalue weighted by molar-refractivity contribution is -0.116. The molecule has 1 atom stereocenters. The standard InChI is InChI=1S/C21H31ClN6O.HI/c1-14(13-19-15(2)27-28(5)16(19)3)25-21(23-4)24-12-6-7-20(29)26-18-10-8-17(22)9-11-18;/h8-11,14H,6-7,12-13H2,1-5H3,(H,26,29)(H2,23,24,25);1H. The number of nitrogens with one attached hydrogen (secondary N) is 3.